The normalized spacial score (nSPS) is 19.9. The van der Waals surface area contributed by atoms with Crippen molar-refractivity contribution in [3.05, 3.63) is 101 Å². The molecule has 2 amide bonds. The van der Waals surface area contributed by atoms with Crippen LogP contribution in [0.4, 0.5) is 4.39 Å². The van der Waals surface area contributed by atoms with Crippen molar-refractivity contribution in [3.8, 4) is 5.75 Å². The van der Waals surface area contributed by atoms with Gasteiger partial charge in [0.05, 0.1) is 17.0 Å². The summed E-state index contributed by atoms with van der Waals surface area (Å²) in [4.78, 5) is 31.6. The fourth-order valence-corrected chi connectivity index (χ4v) is 6.15. The lowest BCUT2D eigenvalue weighted by atomic mass is 9.77. The van der Waals surface area contributed by atoms with Gasteiger partial charge in [-0.05, 0) is 67.5 Å². The number of nitrogens with zero attached hydrogens (tertiary/aromatic N) is 2. The summed E-state index contributed by atoms with van der Waals surface area (Å²) in [5, 5.41) is 0. The first-order chi connectivity index (χ1) is 19.0. The van der Waals surface area contributed by atoms with E-state index >= 15 is 0 Å². The predicted octanol–water partition coefficient (Wildman–Crippen LogP) is 6.02. The quantitative estimate of drug-likeness (QED) is 0.416. The topological polar surface area (TPSA) is 49.9 Å². The van der Waals surface area contributed by atoms with Crippen LogP contribution in [0.1, 0.15) is 60.0 Å². The highest BCUT2D eigenvalue weighted by molar-refractivity contribution is 5.96. The van der Waals surface area contributed by atoms with E-state index in [2.05, 4.69) is 12.1 Å². The second kappa shape index (κ2) is 12.0. The lowest BCUT2D eigenvalue weighted by molar-refractivity contribution is -0.140. The van der Waals surface area contributed by atoms with Crippen LogP contribution in [0, 0.1) is 5.82 Å². The molecule has 0 spiro atoms. The van der Waals surface area contributed by atoms with Gasteiger partial charge in [0.25, 0.3) is 5.91 Å². The summed E-state index contributed by atoms with van der Waals surface area (Å²) in [6.07, 6.45) is 5.47. The highest BCUT2D eigenvalue weighted by Gasteiger charge is 2.46. The zero-order valence-corrected chi connectivity index (χ0v) is 22.7. The second-order valence-electron chi connectivity index (χ2n) is 10.9. The molecule has 1 aliphatic carbocycles. The van der Waals surface area contributed by atoms with Crippen molar-refractivity contribution < 1.29 is 18.7 Å². The molecule has 1 heterocycles. The van der Waals surface area contributed by atoms with Crippen molar-refractivity contribution in [1.82, 2.24) is 9.80 Å². The number of carbonyl (C=O) groups excluding carboxylic acids is 2. The van der Waals surface area contributed by atoms with Gasteiger partial charge < -0.3 is 14.5 Å². The van der Waals surface area contributed by atoms with Gasteiger partial charge in [-0.15, -0.1) is 0 Å². The Morgan fingerprint density at radius 1 is 0.923 bits per heavy atom. The fraction of sp³-hybridized carbons (Fsp3) is 0.394. The van der Waals surface area contributed by atoms with Gasteiger partial charge in [-0.25, -0.2) is 4.39 Å². The van der Waals surface area contributed by atoms with Gasteiger partial charge in [-0.3, -0.25) is 9.59 Å². The molecule has 1 fully saturated rings. The van der Waals surface area contributed by atoms with Crippen molar-refractivity contribution in [3.63, 3.8) is 0 Å². The maximum Gasteiger partial charge on any atom is 0.257 e. The van der Waals surface area contributed by atoms with Crippen LogP contribution in [-0.2, 0) is 16.6 Å². The van der Waals surface area contributed by atoms with Crippen molar-refractivity contribution in [2.24, 2.45) is 0 Å². The number of halogens is 1. The summed E-state index contributed by atoms with van der Waals surface area (Å²) < 4.78 is 20.8. The standard InChI is InChI=1S/C33H37FN2O3/c1-35-20-9-10-21-36(32(38)33(18-7-8-19-33)26-14-11-15-27(34)23-26)28(22-25-12-3-2-4-13-25)24-39-30-17-6-5-16-29(30)31(35)37/h2-6,11-17,23,28H,7-10,18-22,24H2,1H3/t28-/m1/s1. The molecule has 5 nitrogen and oxygen atoms in total. The monoisotopic (exact) mass is 528 g/mol. The van der Waals surface area contributed by atoms with E-state index in [1.165, 1.54) is 6.07 Å². The van der Waals surface area contributed by atoms with Gasteiger partial charge in [-0.2, -0.15) is 0 Å². The third kappa shape index (κ3) is 5.85. The molecule has 3 aromatic rings. The summed E-state index contributed by atoms with van der Waals surface area (Å²) in [5.41, 5.74) is 1.68. The van der Waals surface area contributed by atoms with Crippen LogP contribution >= 0.6 is 0 Å². The van der Waals surface area contributed by atoms with Gasteiger partial charge in [0.1, 0.15) is 18.2 Å². The van der Waals surface area contributed by atoms with Crippen LogP contribution < -0.4 is 4.74 Å². The molecule has 0 aromatic heterocycles. The van der Waals surface area contributed by atoms with Crippen LogP contribution in [-0.4, -0.2) is 54.4 Å². The first-order valence-electron chi connectivity index (χ1n) is 14.1. The lowest BCUT2D eigenvalue weighted by Crippen LogP contribution is -2.53. The molecule has 0 N–H and O–H groups in total. The van der Waals surface area contributed by atoms with Crippen LogP contribution in [0.3, 0.4) is 0 Å². The van der Waals surface area contributed by atoms with Crippen molar-refractivity contribution in [2.45, 2.75) is 56.4 Å². The molecule has 0 unspecified atom stereocenters. The van der Waals surface area contributed by atoms with E-state index in [1.54, 1.807) is 23.1 Å². The average Bonchev–Trinajstić information content (AvgIpc) is 3.46. The number of amides is 2. The Labute approximate surface area is 230 Å². The summed E-state index contributed by atoms with van der Waals surface area (Å²) >= 11 is 0. The fourth-order valence-electron chi connectivity index (χ4n) is 6.15. The minimum atomic E-state index is -0.737. The Balaban J connectivity index is 1.54. The Morgan fingerprint density at radius 3 is 2.41 bits per heavy atom. The minimum absolute atomic E-state index is 0.0601. The molecule has 1 aliphatic heterocycles. The molecule has 5 rings (SSSR count). The van der Waals surface area contributed by atoms with E-state index in [-0.39, 0.29) is 30.3 Å². The third-order valence-electron chi connectivity index (χ3n) is 8.30. The maximum atomic E-state index is 14.7. The smallest absolute Gasteiger partial charge is 0.257 e. The lowest BCUT2D eigenvalue weighted by Gasteiger charge is -2.40. The Kier molecular flexibility index (Phi) is 8.30. The largest absolute Gasteiger partial charge is 0.491 e. The first-order valence-corrected chi connectivity index (χ1v) is 14.1. The van der Waals surface area contributed by atoms with Crippen molar-refractivity contribution in [1.29, 1.82) is 0 Å². The van der Waals surface area contributed by atoms with Crippen LogP contribution in [0.15, 0.2) is 78.9 Å². The zero-order valence-electron chi connectivity index (χ0n) is 22.7. The summed E-state index contributed by atoms with van der Waals surface area (Å²) in [5.74, 6) is 0.217. The van der Waals surface area contributed by atoms with Crippen molar-refractivity contribution >= 4 is 11.8 Å². The van der Waals surface area contributed by atoms with Gasteiger partial charge in [-0.1, -0.05) is 67.4 Å². The second-order valence-corrected chi connectivity index (χ2v) is 10.9. The van der Waals surface area contributed by atoms with Gasteiger partial charge in [0, 0.05) is 20.1 Å². The molecule has 0 saturated heterocycles. The van der Waals surface area contributed by atoms with E-state index in [1.807, 2.05) is 54.4 Å². The highest BCUT2D eigenvalue weighted by atomic mass is 19.1. The molecule has 3 aromatic carbocycles. The number of ether oxygens (including phenoxy) is 1. The van der Waals surface area contributed by atoms with Gasteiger partial charge in [0.15, 0.2) is 0 Å². The zero-order chi connectivity index (χ0) is 27.2. The molecule has 0 bridgehead atoms. The molecule has 1 atom stereocenters. The number of rotatable bonds is 4. The molecule has 1 saturated carbocycles. The van der Waals surface area contributed by atoms with E-state index < -0.39 is 5.41 Å². The van der Waals surface area contributed by atoms with Gasteiger partial charge in [0.2, 0.25) is 5.91 Å². The first kappa shape index (κ1) is 26.9. The van der Waals surface area contributed by atoms with Gasteiger partial charge >= 0.3 is 0 Å². The van der Waals surface area contributed by atoms with Crippen LogP contribution in [0.5, 0.6) is 5.75 Å². The molecule has 2 aliphatic rings. The molecule has 6 heteroatoms. The van der Waals surface area contributed by atoms with E-state index in [4.69, 9.17) is 4.74 Å². The average molecular weight is 529 g/mol. The number of carbonyl (C=O) groups is 2. The summed E-state index contributed by atoms with van der Waals surface area (Å²) in [6.45, 7) is 1.40. The number of hydrogen-bond acceptors (Lipinski definition) is 3. The molecular formula is C33H37FN2O3. The summed E-state index contributed by atoms with van der Waals surface area (Å²) in [7, 11) is 1.81. The number of benzene rings is 3. The van der Waals surface area contributed by atoms with Crippen LogP contribution in [0.25, 0.3) is 0 Å². The highest BCUT2D eigenvalue weighted by Crippen LogP contribution is 2.43. The molecular weight excluding hydrogens is 491 g/mol. The number of hydrogen-bond donors (Lipinski definition) is 0. The Bertz CT molecular complexity index is 1290. The van der Waals surface area contributed by atoms with Crippen LogP contribution in [0.2, 0.25) is 0 Å². The number of fused-ring (bicyclic) bond motifs is 1. The molecule has 0 radical (unpaired) electrons. The Hall–Kier alpha value is -3.67. The van der Waals surface area contributed by atoms with E-state index in [9.17, 15) is 14.0 Å². The van der Waals surface area contributed by atoms with E-state index in [0.29, 0.717) is 43.7 Å². The summed E-state index contributed by atoms with van der Waals surface area (Å²) in [6, 6.07) is 23.8. The molecule has 204 valence electrons. The van der Waals surface area contributed by atoms with E-state index in [0.717, 1.165) is 36.8 Å². The predicted molar refractivity (Wildman–Crippen MR) is 150 cm³/mol. The molecule has 39 heavy (non-hydrogen) atoms. The third-order valence-corrected chi connectivity index (χ3v) is 8.30. The Morgan fingerprint density at radius 2 is 1.64 bits per heavy atom. The number of para-hydroxylation sites is 1. The maximum absolute atomic E-state index is 14.7. The SMILES string of the molecule is CN1CCCCN(C(=O)C2(c3cccc(F)c3)CCCC2)[C@H](Cc2ccccc2)COc2ccccc2C1=O. The van der Waals surface area contributed by atoms with Crippen molar-refractivity contribution in [2.75, 3.05) is 26.7 Å². The minimum Gasteiger partial charge on any atom is -0.491 e.